The summed E-state index contributed by atoms with van der Waals surface area (Å²) in [6.07, 6.45) is 1.14. The van der Waals surface area contributed by atoms with E-state index in [1.807, 2.05) is 6.07 Å². The fraction of sp³-hybridized carbons (Fsp3) is 0.571. The highest BCUT2D eigenvalue weighted by atomic mass is 79.9. The van der Waals surface area contributed by atoms with E-state index in [0.29, 0.717) is 5.75 Å². The second-order valence-electron chi connectivity index (χ2n) is 4.76. The standard InChI is InChI=1S/C14H21BrN2O2/c15-14-3-2-13(18)10-12(14)11-16-4-1-5-17-6-8-19-9-7-17/h2-3,10,16,18H,1,4-9,11H2. The second kappa shape index (κ2) is 7.85. The molecule has 5 heteroatoms. The Morgan fingerprint density at radius 1 is 1.32 bits per heavy atom. The lowest BCUT2D eigenvalue weighted by molar-refractivity contribution is 0.0374. The molecule has 0 atom stereocenters. The van der Waals surface area contributed by atoms with Gasteiger partial charge in [-0.15, -0.1) is 0 Å². The van der Waals surface area contributed by atoms with E-state index in [-0.39, 0.29) is 0 Å². The third kappa shape index (κ3) is 5.10. The van der Waals surface area contributed by atoms with Crippen LogP contribution in [-0.4, -0.2) is 49.4 Å². The van der Waals surface area contributed by atoms with Gasteiger partial charge in [0.1, 0.15) is 5.75 Å². The normalized spacial score (nSPS) is 16.7. The van der Waals surface area contributed by atoms with Crippen LogP contribution in [-0.2, 0) is 11.3 Å². The quantitative estimate of drug-likeness (QED) is 0.784. The predicted molar refractivity (Wildman–Crippen MR) is 79.4 cm³/mol. The van der Waals surface area contributed by atoms with Crippen molar-refractivity contribution in [3.63, 3.8) is 0 Å². The minimum atomic E-state index is 0.313. The first-order valence-electron chi connectivity index (χ1n) is 6.74. The molecular weight excluding hydrogens is 308 g/mol. The van der Waals surface area contributed by atoms with E-state index >= 15 is 0 Å². The highest BCUT2D eigenvalue weighted by Gasteiger charge is 2.09. The Morgan fingerprint density at radius 3 is 2.89 bits per heavy atom. The molecular formula is C14H21BrN2O2. The van der Waals surface area contributed by atoms with Gasteiger partial charge in [-0.1, -0.05) is 15.9 Å². The lowest BCUT2D eigenvalue weighted by Gasteiger charge is -2.26. The molecule has 0 bridgehead atoms. The number of halogens is 1. The van der Waals surface area contributed by atoms with E-state index < -0.39 is 0 Å². The minimum Gasteiger partial charge on any atom is -0.508 e. The smallest absolute Gasteiger partial charge is 0.115 e. The van der Waals surface area contributed by atoms with Gasteiger partial charge < -0.3 is 15.2 Å². The van der Waals surface area contributed by atoms with Gasteiger partial charge in [0.05, 0.1) is 13.2 Å². The molecule has 19 heavy (non-hydrogen) atoms. The molecule has 106 valence electrons. The largest absolute Gasteiger partial charge is 0.508 e. The van der Waals surface area contributed by atoms with Gasteiger partial charge in [-0.05, 0) is 43.3 Å². The number of nitrogens with one attached hydrogen (secondary N) is 1. The van der Waals surface area contributed by atoms with Gasteiger partial charge in [0, 0.05) is 24.1 Å². The zero-order chi connectivity index (χ0) is 13.5. The molecule has 1 aliphatic heterocycles. The fourth-order valence-electron chi connectivity index (χ4n) is 2.17. The van der Waals surface area contributed by atoms with E-state index in [2.05, 4.69) is 26.1 Å². The summed E-state index contributed by atoms with van der Waals surface area (Å²) in [6, 6.07) is 5.35. The molecule has 1 aromatic carbocycles. The molecule has 1 aromatic rings. The van der Waals surface area contributed by atoms with Crippen molar-refractivity contribution in [3.05, 3.63) is 28.2 Å². The number of ether oxygens (including phenoxy) is 1. The number of rotatable bonds is 6. The number of phenols is 1. The summed E-state index contributed by atoms with van der Waals surface area (Å²) >= 11 is 3.49. The number of aromatic hydroxyl groups is 1. The van der Waals surface area contributed by atoms with E-state index in [1.165, 1.54) is 0 Å². The molecule has 1 aliphatic rings. The monoisotopic (exact) mass is 328 g/mol. The number of morpholine rings is 1. The van der Waals surface area contributed by atoms with Crippen LogP contribution < -0.4 is 5.32 Å². The van der Waals surface area contributed by atoms with Crippen LogP contribution in [0.4, 0.5) is 0 Å². The lowest BCUT2D eigenvalue weighted by Crippen LogP contribution is -2.37. The fourth-order valence-corrected chi connectivity index (χ4v) is 2.56. The third-order valence-electron chi connectivity index (χ3n) is 3.28. The summed E-state index contributed by atoms with van der Waals surface area (Å²) in [7, 11) is 0. The van der Waals surface area contributed by atoms with E-state index in [4.69, 9.17) is 4.74 Å². The Balaban J connectivity index is 1.62. The van der Waals surface area contributed by atoms with Crippen molar-refractivity contribution in [2.45, 2.75) is 13.0 Å². The summed E-state index contributed by atoms with van der Waals surface area (Å²) in [6.45, 7) is 6.72. The summed E-state index contributed by atoms with van der Waals surface area (Å²) in [5, 5.41) is 12.9. The van der Waals surface area contributed by atoms with Gasteiger partial charge in [-0.2, -0.15) is 0 Å². The van der Waals surface area contributed by atoms with Crippen LogP contribution in [0.5, 0.6) is 5.75 Å². The van der Waals surface area contributed by atoms with Crippen molar-refractivity contribution in [2.75, 3.05) is 39.4 Å². The molecule has 0 aliphatic carbocycles. The van der Waals surface area contributed by atoms with Crippen molar-refractivity contribution in [1.29, 1.82) is 0 Å². The number of hydrogen-bond acceptors (Lipinski definition) is 4. The SMILES string of the molecule is Oc1ccc(Br)c(CNCCCN2CCOCC2)c1. The molecule has 0 unspecified atom stereocenters. The summed E-state index contributed by atoms with van der Waals surface area (Å²) in [5.41, 5.74) is 1.09. The summed E-state index contributed by atoms with van der Waals surface area (Å²) < 4.78 is 6.36. The average Bonchev–Trinajstić information content (AvgIpc) is 2.43. The van der Waals surface area contributed by atoms with Crippen molar-refractivity contribution >= 4 is 15.9 Å². The predicted octanol–water partition coefficient (Wildman–Crippen LogP) is 1.97. The van der Waals surface area contributed by atoms with Crippen LogP contribution in [0.3, 0.4) is 0 Å². The number of hydrogen-bond donors (Lipinski definition) is 2. The van der Waals surface area contributed by atoms with Crippen LogP contribution in [0, 0.1) is 0 Å². The Bertz CT molecular complexity index is 395. The molecule has 0 saturated carbocycles. The number of phenolic OH excluding ortho intramolecular Hbond substituents is 1. The highest BCUT2D eigenvalue weighted by Crippen LogP contribution is 2.21. The maximum Gasteiger partial charge on any atom is 0.115 e. The first-order valence-corrected chi connectivity index (χ1v) is 7.53. The van der Waals surface area contributed by atoms with Crippen molar-refractivity contribution in [2.24, 2.45) is 0 Å². The van der Waals surface area contributed by atoms with Crippen LogP contribution in [0.2, 0.25) is 0 Å². The highest BCUT2D eigenvalue weighted by molar-refractivity contribution is 9.10. The van der Waals surface area contributed by atoms with Gasteiger partial charge in [0.15, 0.2) is 0 Å². The Kier molecular flexibility index (Phi) is 6.10. The van der Waals surface area contributed by atoms with Crippen LogP contribution in [0.15, 0.2) is 22.7 Å². The van der Waals surface area contributed by atoms with Crippen molar-refractivity contribution in [3.8, 4) is 5.75 Å². The minimum absolute atomic E-state index is 0.313. The van der Waals surface area contributed by atoms with Crippen LogP contribution >= 0.6 is 15.9 Å². The van der Waals surface area contributed by atoms with Crippen LogP contribution in [0.25, 0.3) is 0 Å². The zero-order valence-corrected chi connectivity index (χ0v) is 12.7. The van der Waals surface area contributed by atoms with E-state index in [1.54, 1.807) is 12.1 Å². The number of nitrogens with zero attached hydrogens (tertiary/aromatic N) is 1. The molecule has 0 spiro atoms. The molecule has 0 radical (unpaired) electrons. The Hall–Kier alpha value is -0.620. The first-order chi connectivity index (χ1) is 9.25. The van der Waals surface area contributed by atoms with Gasteiger partial charge in [0.25, 0.3) is 0 Å². The van der Waals surface area contributed by atoms with Gasteiger partial charge in [-0.25, -0.2) is 0 Å². The zero-order valence-electron chi connectivity index (χ0n) is 11.1. The molecule has 1 fully saturated rings. The van der Waals surface area contributed by atoms with E-state index in [9.17, 15) is 5.11 Å². The van der Waals surface area contributed by atoms with Gasteiger partial charge in [-0.3, -0.25) is 4.90 Å². The molecule has 1 heterocycles. The molecule has 1 saturated heterocycles. The summed E-state index contributed by atoms with van der Waals surface area (Å²) in [4.78, 5) is 2.44. The lowest BCUT2D eigenvalue weighted by atomic mass is 10.2. The van der Waals surface area contributed by atoms with Gasteiger partial charge in [0.2, 0.25) is 0 Å². The third-order valence-corrected chi connectivity index (χ3v) is 4.05. The van der Waals surface area contributed by atoms with Crippen molar-refractivity contribution in [1.82, 2.24) is 10.2 Å². The molecule has 2 N–H and O–H groups in total. The molecule has 2 rings (SSSR count). The van der Waals surface area contributed by atoms with Gasteiger partial charge >= 0.3 is 0 Å². The maximum atomic E-state index is 9.44. The summed E-state index contributed by atoms with van der Waals surface area (Å²) in [5.74, 6) is 0.313. The van der Waals surface area contributed by atoms with Crippen LogP contribution in [0.1, 0.15) is 12.0 Å². The average molecular weight is 329 g/mol. The molecule has 0 amide bonds. The van der Waals surface area contributed by atoms with Crippen molar-refractivity contribution < 1.29 is 9.84 Å². The topological polar surface area (TPSA) is 44.7 Å². The second-order valence-corrected chi connectivity index (χ2v) is 5.61. The molecule has 4 nitrogen and oxygen atoms in total. The molecule has 0 aromatic heterocycles. The van der Waals surface area contributed by atoms with E-state index in [0.717, 1.165) is 62.4 Å². The Labute approximate surface area is 122 Å². The number of benzene rings is 1. The first kappa shape index (κ1) is 14.8. The Morgan fingerprint density at radius 2 is 2.11 bits per heavy atom. The maximum absolute atomic E-state index is 9.44.